The molecule has 0 fully saturated rings. The van der Waals surface area contributed by atoms with Crippen LogP contribution in [0.25, 0.3) is 0 Å². The van der Waals surface area contributed by atoms with Crippen LogP contribution in [0.5, 0.6) is 0 Å². The Morgan fingerprint density at radius 2 is 2.19 bits per heavy atom. The number of aryl methyl sites for hydroxylation is 1. The molecule has 1 aromatic carbocycles. The third kappa shape index (κ3) is 1.52. The van der Waals surface area contributed by atoms with Crippen LogP contribution in [0.4, 0.5) is 0 Å². The fourth-order valence-electron chi connectivity index (χ4n) is 2.58. The molecule has 16 heavy (non-hydrogen) atoms. The number of ether oxygens (including phenoxy) is 1. The van der Waals surface area contributed by atoms with Crippen molar-refractivity contribution in [1.29, 1.82) is 0 Å². The van der Waals surface area contributed by atoms with E-state index in [0.717, 1.165) is 24.8 Å². The first-order valence-corrected chi connectivity index (χ1v) is 5.60. The molecule has 2 rings (SSSR count). The fourth-order valence-corrected chi connectivity index (χ4v) is 2.58. The van der Waals surface area contributed by atoms with Crippen molar-refractivity contribution in [2.75, 3.05) is 14.2 Å². The predicted molar refractivity (Wildman–Crippen MR) is 62.1 cm³/mol. The normalized spacial score (nSPS) is 23.6. The molecule has 0 amide bonds. The number of nitrogens with one attached hydrogen (secondary N) is 1. The number of carbonyl (C=O) groups is 1. The van der Waals surface area contributed by atoms with Gasteiger partial charge in [0.15, 0.2) is 0 Å². The SMILES string of the molecule is CNC1(C(=O)OC)CCCc2ccccc21. The summed E-state index contributed by atoms with van der Waals surface area (Å²) in [6, 6.07) is 8.09. The van der Waals surface area contributed by atoms with Crippen LogP contribution in [0.1, 0.15) is 24.0 Å². The van der Waals surface area contributed by atoms with Crippen molar-refractivity contribution in [3.63, 3.8) is 0 Å². The summed E-state index contributed by atoms with van der Waals surface area (Å²) in [5.74, 6) is -0.192. The summed E-state index contributed by atoms with van der Waals surface area (Å²) in [6.45, 7) is 0. The summed E-state index contributed by atoms with van der Waals surface area (Å²) in [6.07, 6.45) is 2.84. The smallest absolute Gasteiger partial charge is 0.330 e. The van der Waals surface area contributed by atoms with Crippen molar-refractivity contribution in [2.45, 2.75) is 24.8 Å². The molecule has 1 aliphatic carbocycles. The van der Waals surface area contributed by atoms with Gasteiger partial charge < -0.3 is 10.1 Å². The van der Waals surface area contributed by atoms with Gasteiger partial charge in [0.05, 0.1) is 7.11 Å². The van der Waals surface area contributed by atoms with Crippen molar-refractivity contribution in [3.05, 3.63) is 35.4 Å². The van der Waals surface area contributed by atoms with E-state index < -0.39 is 5.54 Å². The molecule has 0 heterocycles. The average Bonchev–Trinajstić information content (AvgIpc) is 2.37. The number of carbonyl (C=O) groups excluding carboxylic acids is 1. The molecule has 1 aliphatic rings. The molecule has 0 saturated heterocycles. The van der Waals surface area contributed by atoms with Crippen molar-refractivity contribution in [3.8, 4) is 0 Å². The van der Waals surface area contributed by atoms with E-state index >= 15 is 0 Å². The first-order chi connectivity index (χ1) is 7.74. The number of esters is 1. The lowest BCUT2D eigenvalue weighted by Gasteiger charge is -2.36. The highest BCUT2D eigenvalue weighted by molar-refractivity contribution is 5.83. The second kappa shape index (κ2) is 4.26. The molecular formula is C13H17NO2. The minimum absolute atomic E-state index is 0.192. The molecule has 86 valence electrons. The van der Waals surface area contributed by atoms with Gasteiger partial charge in [0, 0.05) is 0 Å². The first kappa shape index (κ1) is 11.1. The number of likely N-dealkylation sites (N-methyl/N-ethyl adjacent to an activating group) is 1. The summed E-state index contributed by atoms with van der Waals surface area (Å²) in [5, 5.41) is 3.15. The van der Waals surface area contributed by atoms with E-state index in [1.165, 1.54) is 12.7 Å². The lowest BCUT2D eigenvalue weighted by atomic mass is 9.76. The molecule has 3 heteroatoms. The monoisotopic (exact) mass is 219 g/mol. The Bertz CT molecular complexity index is 403. The predicted octanol–water partition coefficient (Wildman–Crippen LogP) is 1.61. The van der Waals surface area contributed by atoms with E-state index in [1.54, 1.807) is 0 Å². The quantitative estimate of drug-likeness (QED) is 0.768. The molecule has 0 aromatic heterocycles. The maximum Gasteiger partial charge on any atom is 0.330 e. The molecule has 1 aromatic rings. The van der Waals surface area contributed by atoms with Crippen LogP contribution in [-0.2, 0) is 21.5 Å². The van der Waals surface area contributed by atoms with E-state index in [4.69, 9.17) is 4.74 Å². The minimum atomic E-state index is -0.649. The van der Waals surface area contributed by atoms with E-state index in [2.05, 4.69) is 11.4 Å². The van der Waals surface area contributed by atoms with Gasteiger partial charge in [-0.25, -0.2) is 4.79 Å². The van der Waals surface area contributed by atoms with Crippen LogP contribution < -0.4 is 5.32 Å². The van der Waals surface area contributed by atoms with Gasteiger partial charge in [-0.2, -0.15) is 0 Å². The van der Waals surface area contributed by atoms with Crippen LogP contribution in [-0.4, -0.2) is 20.1 Å². The Balaban J connectivity index is 2.53. The number of benzene rings is 1. The van der Waals surface area contributed by atoms with Crippen LogP contribution >= 0.6 is 0 Å². The summed E-state index contributed by atoms with van der Waals surface area (Å²) in [5.41, 5.74) is 1.66. The average molecular weight is 219 g/mol. The Hall–Kier alpha value is -1.35. The Kier molecular flexibility index (Phi) is 2.97. The molecule has 1 atom stereocenters. The van der Waals surface area contributed by atoms with E-state index in [1.807, 2.05) is 25.2 Å². The number of methoxy groups -OCH3 is 1. The standard InChI is InChI=1S/C13H17NO2/c1-14-13(12(15)16-2)9-5-7-10-6-3-4-8-11(10)13/h3-4,6,8,14H,5,7,9H2,1-2H3. The van der Waals surface area contributed by atoms with Crippen LogP contribution in [0, 0.1) is 0 Å². The van der Waals surface area contributed by atoms with Crippen molar-refractivity contribution in [2.24, 2.45) is 0 Å². The second-order valence-corrected chi connectivity index (χ2v) is 4.16. The molecule has 1 unspecified atom stereocenters. The Morgan fingerprint density at radius 3 is 2.88 bits per heavy atom. The van der Waals surface area contributed by atoms with Gasteiger partial charge in [-0.15, -0.1) is 0 Å². The van der Waals surface area contributed by atoms with E-state index in [0.29, 0.717) is 0 Å². The van der Waals surface area contributed by atoms with Gasteiger partial charge in [0.1, 0.15) is 5.54 Å². The largest absolute Gasteiger partial charge is 0.467 e. The van der Waals surface area contributed by atoms with Gasteiger partial charge >= 0.3 is 5.97 Å². The zero-order chi connectivity index (χ0) is 11.6. The third-order valence-electron chi connectivity index (χ3n) is 3.44. The molecule has 0 aliphatic heterocycles. The Labute approximate surface area is 95.8 Å². The molecular weight excluding hydrogens is 202 g/mol. The minimum Gasteiger partial charge on any atom is -0.467 e. The summed E-state index contributed by atoms with van der Waals surface area (Å²) >= 11 is 0. The van der Waals surface area contributed by atoms with Crippen LogP contribution in [0.3, 0.4) is 0 Å². The summed E-state index contributed by atoms with van der Waals surface area (Å²) in [7, 11) is 3.26. The van der Waals surface area contributed by atoms with Gasteiger partial charge in [0.25, 0.3) is 0 Å². The lowest BCUT2D eigenvalue weighted by Crippen LogP contribution is -2.50. The van der Waals surface area contributed by atoms with Gasteiger partial charge in [-0.1, -0.05) is 24.3 Å². The van der Waals surface area contributed by atoms with Crippen LogP contribution in [0.15, 0.2) is 24.3 Å². The maximum atomic E-state index is 12.0. The molecule has 0 radical (unpaired) electrons. The topological polar surface area (TPSA) is 38.3 Å². The summed E-state index contributed by atoms with van der Waals surface area (Å²) < 4.78 is 4.94. The van der Waals surface area contributed by atoms with Gasteiger partial charge in [-0.3, -0.25) is 0 Å². The van der Waals surface area contributed by atoms with Crippen molar-refractivity contribution >= 4 is 5.97 Å². The van der Waals surface area contributed by atoms with Gasteiger partial charge in [0.2, 0.25) is 0 Å². The van der Waals surface area contributed by atoms with Crippen molar-refractivity contribution in [1.82, 2.24) is 5.32 Å². The number of hydrogen-bond acceptors (Lipinski definition) is 3. The fraction of sp³-hybridized carbons (Fsp3) is 0.462. The highest BCUT2D eigenvalue weighted by Gasteiger charge is 2.42. The van der Waals surface area contributed by atoms with Gasteiger partial charge in [-0.05, 0) is 37.4 Å². The summed E-state index contributed by atoms with van der Waals surface area (Å²) in [4.78, 5) is 12.0. The zero-order valence-electron chi connectivity index (χ0n) is 9.75. The van der Waals surface area contributed by atoms with E-state index in [-0.39, 0.29) is 5.97 Å². The third-order valence-corrected chi connectivity index (χ3v) is 3.44. The lowest BCUT2D eigenvalue weighted by molar-refractivity contribution is -0.149. The molecule has 0 bridgehead atoms. The number of hydrogen-bond donors (Lipinski definition) is 1. The molecule has 1 N–H and O–H groups in total. The van der Waals surface area contributed by atoms with Crippen LogP contribution in [0.2, 0.25) is 0 Å². The highest BCUT2D eigenvalue weighted by Crippen LogP contribution is 2.35. The van der Waals surface area contributed by atoms with Crippen molar-refractivity contribution < 1.29 is 9.53 Å². The second-order valence-electron chi connectivity index (χ2n) is 4.16. The Morgan fingerprint density at radius 1 is 1.44 bits per heavy atom. The highest BCUT2D eigenvalue weighted by atomic mass is 16.5. The molecule has 0 spiro atoms. The maximum absolute atomic E-state index is 12.0. The molecule has 0 saturated carbocycles. The number of fused-ring (bicyclic) bond motifs is 1. The molecule has 3 nitrogen and oxygen atoms in total. The number of rotatable bonds is 2. The van der Waals surface area contributed by atoms with E-state index in [9.17, 15) is 4.79 Å². The first-order valence-electron chi connectivity index (χ1n) is 5.60. The zero-order valence-corrected chi connectivity index (χ0v) is 9.75.